The number of imidazole rings is 2. The minimum atomic E-state index is -4.70. The lowest BCUT2D eigenvalue weighted by molar-refractivity contribution is -0.201. The number of alkyl halides is 3. The van der Waals surface area contributed by atoms with Gasteiger partial charge in [0.05, 0.1) is 42.0 Å². The van der Waals surface area contributed by atoms with Crippen LogP contribution in [0.1, 0.15) is 51.8 Å². The number of hydrogen-bond donors (Lipinski definition) is 3. The van der Waals surface area contributed by atoms with Gasteiger partial charge in [-0.1, -0.05) is 16.8 Å². The molecule has 3 N–H and O–H groups in total. The molecule has 5 aromatic heterocycles. The lowest BCUT2D eigenvalue weighted by Crippen LogP contribution is -2.38. The fraction of sp³-hybridized carbons (Fsp3) is 0.346. The van der Waals surface area contributed by atoms with Crippen molar-refractivity contribution in [3.8, 4) is 0 Å². The predicted octanol–water partition coefficient (Wildman–Crippen LogP) is 3.23. The molecule has 1 fully saturated rings. The van der Waals surface area contributed by atoms with E-state index in [0.29, 0.717) is 28.5 Å². The maximum Gasteiger partial charge on any atom is 0.415 e. The molecule has 0 spiro atoms. The Morgan fingerprint density at radius 1 is 1.19 bits per heavy atom. The van der Waals surface area contributed by atoms with Crippen molar-refractivity contribution in [2.75, 3.05) is 6.54 Å². The summed E-state index contributed by atoms with van der Waals surface area (Å²) in [4.78, 5) is 21.5. The van der Waals surface area contributed by atoms with E-state index in [-0.39, 0.29) is 35.9 Å². The second-order valence-electron chi connectivity index (χ2n) is 10.1. The van der Waals surface area contributed by atoms with Gasteiger partial charge in [-0.2, -0.15) is 13.2 Å². The summed E-state index contributed by atoms with van der Waals surface area (Å²) in [6.45, 7) is -0.439. The minimum absolute atomic E-state index is 0.0323. The average molecular weight is 606 g/mol. The molecule has 11 nitrogen and oxygen atoms in total. The molecule has 0 saturated heterocycles. The number of pyridine rings is 2. The Balaban J connectivity index is 1.14. The molecule has 16 heteroatoms. The molecule has 0 bridgehead atoms. The third-order valence-electron chi connectivity index (χ3n) is 6.96. The highest BCUT2D eigenvalue weighted by Crippen LogP contribution is 2.40. The van der Waals surface area contributed by atoms with Gasteiger partial charge in [-0.05, 0) is 36.5 Å². The molecular weight excluding hydrogens is 582 g/mol. The average Bonchev–Trinajstić information content (AvgIpc) is 3.34. The molecule has 1 atom stereocenters. The first kappa shape index (κ1) is 28.1. The topological polar surface area (TPSA) is 127 Å². The van der Waals surface area contributed by atoms with Crippen molar-refractivity contribution >= 4 is 28.7 Å². The van der Waals surface area contributed by atoms with Gasteiger partial charge < -0.3 is 24.5 Å². The summed E-state index contributed by atoms with van der Waals surface area (Å²) in [5.74, 6) is -0.783. The Labute approximate surface area is 240 Å². The summed E-state index contributed by atoms with van der Waals surface area (Å²) in [5, 5.41) is 22.5. The maximum absolute atomic E-state index is 14.5. The molecule has 5 aromatic rings. The highest BCUT2D eigenvalue weighted by Gasteiger charge is 2.37. The molecule has 1 saturated carbocycles. The molecule has 0 aromatic carbocycles. The van der Waals surface area contributed by atoms with Crippen LogP contribution in [0.4, 0.5) is 17.6 Å². The van der Waals surface area contributed by atoms with Gasteiger partial charge in [-0.25, -0.2) is 19.0 Å². The zero-order valence-corrected chi connectivity index (χ0v) is 22.6. The van der Waals surface area contributed by atoms with E-state index >= 15 is 0 Å². The van der Waals surface area contributed by atoms with Crippen LogP contribution in [0, 0.1) is 5.82 Å². The SMILES string of the molecule is O=C(NCc1ncn2ccc(Cl)c(F)c12)c1cn(Cc2cn3cc(C4CC4)cc(CNCC(O)C(F)(F)F)c3n2)nn1. The van der Waals surface area contributed by atoms with Gasteiger partial charge in [0, 0.05) is 37.2 Å². The van der Waals surface area contributed by atoms with E-state index < -0.39 is 30.5 Å². The van der Waals surface area contributed by atoms with Crippen molar-refractivity contribution in [3.05, 3.63) is 82.3 Å². The Morgan fingerprint density at radius 2 is 2.00 bits per heavy atom. The molecule has 1 aliphatic carbocycles. The molecule has 1 amide bonds. The summed E-state index contributed by atoms with van der Waals surface area (Å²) in [5.41, 5.74) is 3.40. The third-order valence-corrected chi connectivity index (χ3v) is 7.25. The minimum Gasteiger partial charge on any atom is -0.382 e. The molecule has 6 rings (SSSR count). The van der Waals surface area contributed by atoms with Crippen LogP contribution in [0.25, 0.3) is 11.2 Å². The van der Waals surface area contributed by atoms with Gasteiger partial charge in [0.15, 0.2) is 17.6 Å². The van der Waals surface area contributed by atoms with Crippen molar-refractivity contribution in [2.24, 2.45) is 0 Å². The number of carbonyl (C=O) groups is 1. The molecule has 1 aliphatic rings. The van der Waals surface area contributed by atoms with E-state index in [0.717, 1.165) is 18.4 Å². The zero-order valence-electron chi connectivity index (χ0n) is 21.8. The van der Waals surface area contributed by atoms with Crippen LogP contribution >= 0.6 is 11.6 Å². The predicted molar refractivity (Wildman–Crippen MR) is 141 cm³/mol. The van der Waals surface area contributed by atoms with Crippen LogP contribution in [0.2, 0.25) is 5.02 Å². The number of aromatic nitrogens is 7. The lowest BCUT2D eigenvalue weighted by atomic mass is 10.1. The number of carbonyl (C=O) groups excluding carboxylic acids is 1. The molecule has 1 unspecified atom stereocenters. The van der Waals surface area contributed by atoms with Gasteiger partial charge in [0.25, 0.3) is 5.91 Å². The van der Waals surface area contributed by atoms with Crippen LogP contribution in [0.3, 0.4) is 0 Å². The first-order valence-electron chi connectivity index (χ1n) is 13.0. The molecule has 0 radical (unpaired) electrons. The van der Waals surface area contributed by atoms with Crippen LogP contribution in [-0.4, -0.2) is 63.6 Å². The lowest BCUT2D eigenvalue weighted by Gasteiger charge is -2.15. The van der Waals surface area contributed by atoms with Crippen LogP contribution in [0.15, 0.2) is 43.2 Å². The van der Waals surface area contributed by atoms with Gasteiger partial charge in [-0.3, -0.25) is 4.79 Å². The summed E-state index contributed by atoms with van der Waals surface area (Å²) in [7, 11) is 0. The van der Waals surface area contributed by atoms with Crippen LogP contribution < -0.4 is 10.6 Å². The summed E-state index contributed by atoms with van der Waals surface area (Å²) < 4.78 is 57.3. The number of amides is 1. The number of aliphatic hydroxyl groups excluding tert-OH is 1. The largest absolute Gasteiger partial charge is 0.415 e. The summed E-state index contributed by atoms with van der Waals surface area (Å²) in [6.07, 6.45) is 3.08. The number of aliphatic hydroxyl groups is 1. The smallest absolute Gasteiger partial charge is 0.382 e. The van der Waals surface area contributed by atoms with Gasteiger partial charge >= 0.3 is 6.18 Å². The number of hydrogen-bond acceptors (Lipinski definition) is 7. The number of rotatable bonds is 10. The number of halogens is 5. The van der Waals surface area contributed by atoms with E-state index in [1.165, 1.54) is 27.7 Å². The first-order valence-corrected chi connectivity index (χ1v) is 13.4. The first-order chi connectivity index (χ1) is 20.1. The van der Waals surface area contributed by atoms with Crippen molar-refractivity contribution < 1.29 is 27.5 Å². The Hall–Kier alpha value is -4.08. The fourth-order valence-corrected chi connectivity index (χ4v) is 4.81. The number of nitrogens with one attached hydrogen (secondary N) is 2. The normalized spacial score (nSPS) is 14.6. The highest BCUT2D eigenvalue weighted by atomic mass is 35.5. The Kier molecular flexibility index (Phi) is 7.32. The number of nitrogens with zero attached hydrogens (tertiary/aromatic N) is 7. The Morgan fingerprint density at radius 3 is 2.76 bits per heavy atom. The van der Waals surface area contributed by atoms with Crippen LogP contribution in [0.5, 0.6) is 0 Å². The van der Waals surface area contributed by atoms with Gasteiger partial charge in [0.2, 0.25) is 0 Å². The summed E-state index contributed by atoms with van der Waals surface area (Å²) >= 11 is 5.87. The molecule has 220 valence electrons. The second-order valence-corrected chi connectivity index (χ2v) is 10.5. The molecule has 5 heterocycles. The van der Waals surface area contributed by atoms with E-state index in [1.54, 1.807) is 12.4 Å². The molecule has 42 heavy (non-hydrogen) atoms. The zero-order chi connectivity index (χ0) is 29.6. The second kappa shape index (κ2) is 11.0. The standard InChI is InChI=1S/C26H24ClF4N9O2/c27-18-3-4-38-13-34-19(23(38)22(18)28)7-33-25(42)20-12-40(37-36-20)11-17-10-39-9-16(14-1-2-14)5-15(24(39)35-17)6-32-8-21(41)26(29,30)31/h3-5,9-10,12-14,21,32,41H,1-2,6-8,11H2,(H,33,42). The third kappa shape index (κ3) is 5.80. The van der Waals surface area contributed by atoms with Crippen molar-refractivity contribution in [2.45, 2.75) is 50.7 Å². The Bertz CT molecular complexity index is 1780. The molecular formula is C26H24ClF4N9O2. The van der Waals surface area contributed by atoms with Crippen molar-refractivity contribution in [1.29, 1.82) is 0 Å². The fourth-order valence-electron chi connectivity index (χ4n) is 4.66. The quantitative estimate of drug-likeness (QED) is 0.209. The van der Waals surface area contributed by atoms with E-state index in [1.807, 2.05) is 16.7 Å². The van der Waals surface area contributed by atoms with E-state index in [4.69, 9.17) is 11.6 Å². The molecule has 0 aliphatic heterocycles. The maximum atomic E-state index is 14.5. The van der Waals surface area contributed by atoms with E-state index in [2.05, 4.69) is 30.9 Å². The monoisotopic (exact) mass is 605 g/mol. The van der Waals surface area contributed by atoms with Gasteiger partial charge in [-0.15, -0.1) is 5.10 Å². The van der Waals surface area contributed by atoms with Crippen molar-refractivity contribution in [1.82, 2.24) is 44.4 Å². The summed E-state index contributed by atoms with van der Waals surface area (Å²) in [6, 6.07) is 3.33. The highest BCUT2D eigenvalue weighted by molar-refractivity contribution is 6.31. The van der Waals surface area contributed by atoms with Gasteiger partial charge in [0.1, 0.15) is 11.2 Å². The van der Waals surface area contributed by atoms with Crippen molar-refractivity contribution in [3.63, 3.8) is 0 Å². The number of fused-ring (bicyclic) bond motifs is 2. The van der Waals surface area contributed by atoms with Crippen LogP contribution in [-0.2, 0) is 19.6 Å². The van der Waals surface area contributed by atoms with E-state index in [9.17, 15) is 27.5 Å².